The molecule has 0 aliphatic rings. The molecular weight excluding hydrogens is 949 g/mol. The zero-order valence-electron chi connectivity index (χ0n) is 51.2. The third-order valence-corrected chi connectivity index (χ3v) is 14.7. The number of unbranched alkanes of at least 4 members (excludes halogenated alkanes) is 38. The van der Waals surface area contributed by atoms with Crippen LogP contribution in [0.4, 0.5) is 0 Å². The largest absolute Gasteiger partial charge is 0.462 e. The monoisotopic (exact) mass is 1070 g/mol. The second-order valence-electron chi connectivity index (χ2n) is 22.4. The fourth-order valence-corrected chi connectivity index (χ4v) is 9.74. The zero-order valence-corrected chi connectivity index (χ0v) is 51.2. The molecule has 6 heteroatoms. The van der Waals surface area contributed by atoms with Crippen LogP contribution in [0.15, 0.2) is 72.9 Å². The molecule has 1 unspecified atom stereocenters. The van der Waals surface area contributed by atoms with Crippen LogP contribution in [0.25, 0.3) is 0 Å². The van der Waals surface area contributed by atoms with E-state index in [2.05, 4.69) is 93.7 Å². The van der Waals surface area contributed by atoms with Crippen molar-refractivity contribution >= 4 is 17.9 Å². The summed E-state index contributed by atoms with van der Waals surface area (Å²) in [5, 5.41) is 0. The van der Waals surface area contributed by atoms with E-state index in [9.17, 15) is 14.4 Å². The highest BCUT2D eigenvalue weighted by molar-refractivity contribution is 5.71. The third-order valence-electron chi connectivity index (χ3n) is 14.7. The summed E-state index contributed by atoms with van der Waals surface area (Å²) in [4.78, 5) is 38.2. The lowest BCUT2D eigenvalue weighted by Gasteiger charge is -2.18. The first-order chi connectivity index (χ1) is 38.0. The number of carbonyl (C=O) groups is 3. The van der Waals surface area contributed by atoms with Crippen molar-refractivity contribution in [3.05, 3.63) is 72.9 Å². The van der Waals surface area contributed by atoms with Crippen LogP contribution in [0.3, 0.4) is 0 Å². The number of hydrogen-bond acceptors (Lipinski definition) is 6. The summed E-state index contributed by atoms with van der Waals surface area (Å²) < 4.78 is 16.9. The molecule has 6 nitrogen and oxygen atoms in total. The van der Waals surface area contributed by atoms with Gasteiger partial charge < -0.3 is 14.2 Å². The molecule has 1 atom stereocenters. The van der Waals surface area contributed by atoms with Gasteiger partial charge in [0.25, 0.3) is 0 Å². The second kappa shape index (κ2) is 65.4. The van der Waals surface area contributed by atoms with Gasteiger partial charge in [-0.3, -0.25) is 14.4 Å². The van der Waals surface area contributed by atoms with Crippen molar-refractivity contribution < 1.29 is 28.6 Å². The molecule has 0 bridgehead atoms. The van der Waals surface area contributed by atoms with Gasteiger partial charge in [-0.05, 0) is 70.6 Å². The van der Waals surface area contributed by atoms with Gasteiger partial charge in [0.1, 0.15) is 13.2 Å². The van der Waals surface area contributed by atoms with Gasteiger partial charge in [0.2, 0.25) is 0 Å². The van der Waals surface area contributed by atoms with Crippen LogP contribution in [0, 0.1) is 0 Å². The summed E-state index contributed by atoms with van der Waals surface area (Å²) >= 11 is 0. The Morgan fingerprint density at radius 1 is 0.273 bits per heavy atom. The molecule has 0 fully saturated rings. The molecular formula is C71H126O6. The van der Waals surface area contributed by atoms with Gasteiger partial charge >= 0.3 is 17.9 Å². The van der Waals surface area contributed by atoms with E-state index >= 15 is 0 Å². The van der Waals surface area contributed by atoms with Crippen LogP contribution in [0.5, 0.6) is 0 Å². The van der Waals surface area contributed by atoms with E-state index in [1.807, 2.05) is 0 Å². The summed E-state index contributed by atoms with van der Waals surface area (Å²) in [6, 6.07) is 0. The molecule has 0 aromatic heterocycles. The Hall–Kier alpha value is -3.15. The number of ether oxygens (including phenoxy) is 3. The maximum Gasteiger partial charge on any atom is 0.306 e. The van der Waals surface area contributed by atoms with E-state index in [4.69, 9.17) is 14.2 Å². The molecule has 0 saturated heterocycles. The molecule has 0 aliphatic heterocycles. The Bertz CT molecular complexity index is 1420. The van der Waals surface area contributed by atoms with Gasteiger partial charge in [0.15, 0.2) is 6.10 Å². The molecule has 0 aliphatic carbocycles. The van der Waals surface area contributed by atoms with E-state index in [0.717, 1.165) is 96.3 Å². The lowest BCUT2D eigenvalue weighted by atomic mass is 10.0. The van der Waals surface area contributed by atoms with Crippen LogP contribution >= 0.6 is 0 Å². The summed E-state index contributed by atoms with van der Waals surface area (Å²) in [5.74, 6) is -0.860. The lowest BCUT2D eigenvalue weighted by molar-refractivity contribution is -0.167. The number of rotatable bonds is 61. The van der Waals surface area contributed by atoms with Crippen LogP contribution in [0.2, 0.25) is 0 Å². The molecule has 0 aromatic carbocycles. The molecule has 0 spiro atoms. The summed E-state index contributed by atoms with van der Waals surface area (Å²) in [6.45, 7) is 6.55. The van der Waals surface area contributed by atoms with Crippen LogP contribution in [-0.2, 0) is 28.6 Å². The molecule has 0 N–H and O–H groups in total. The average molecular weight is 1080 g/mol. The number of allylic oxidation sites excluding steroid dienone is 12. The van der Waals surface area contributed by atoms with Gasteiger partial charge in [0.05, 0.1) is 0 Å². The van der Waals surface area contributed by atoms with E-state index in [0.29, 0.717) is 19.3 Å². The smallest absolute Gasteiger partial charge is 0.306 e. The first kappa shape index (κ1) is 73.8. The zero-order chi connectivity index (χ0) is 55.7. The van der Waals surface area contributed by atoms with Gasteiger partial charge in [0, 0.05) is 19.3 Å². The third kappa shape index (κ3) is 63.6. The van der Waals surface area contributed by atoms with Crippen LogP contribution < -0.4 is 0 Å². The van der Waals surface area contributed by atoms with Crippen molar-refractivity contribution in [1.82, 2.24) is 0 Å². The first-order valence-corrected chi connectivity index (χ1v) is 33.4. The Morgan fingerprint density at radius 3 is 0.792 bits per heavy atom. The van der Waals surface area contributed by atoms with Gasteiger partial charge in [-0.2, -0.15) is 0 Å². The first-order valence-electron chi connectivity index (χ1n) is 33.4. The Kier molecular flexibility index (Phi) is 62.7. The predicted molar refractivity (Wildman–Crippen MR) is 335 cm³/mol. The summed E-state index contributed by atoms with van der Waals surface area (Å²) in [7, 11) is 0. The molecule has 0 heterocycles. The Morgan fingerprint density at radius 2 is 0.506 bits per heavy atom. The number of carbonyl (C=O) groups excluding carboxylic acids is 3. The molecule has 0 amide bonds. The quantitative estimate of drug-likeness (QED) is 0.0261. The Labute approximate surface area is 478 Å². The highest BCUT2D eigenvalue weighted by atomic mass is 16.6. The minimum atomic E-state index is -0.773. The summed E-state index contributed by atoms with van der Waals surface area (Å²) in [5.41, 5.74) is 0. The molecule has 0 radical (unpaired) electrons. The molecule has 446 valence electrons. The van der Waals surface area contributed by atoms with E-state index in [-0.39, 0.29) is 31.1 Å². The average Bonchev–Trinajstić information content (AvgIpc) is 3.43. The predicted octanol–water partition coefficient (Wildman–Crippen LogP) is 22.9. The normalized spacial score (nSPS) is 12.5. The van der Waals surface area contributed by atoms with Gasteiger partial charge in [-0.1, -0.05) is 325 Å². The van der Waals surface area contributed by atoms with Crippen molar-refractivity contribution in [2.75, 3.05) is 13.2 Å². The van der Waals surface area contributed by atoms with Crippen LogP contribution in [0.1, 0.15) is 342 Å². The van der Waals surface area contributed by atoms with Crippen molar-refractivity contribution in [1.29, 1.82) is 0 Å². The van der Waals surface area contributed by atoms with Gasteiger partial charge in [-0.25, -0.2) is 0 Å². The second-order valence-corrected chi connectivity index (χ2v) is 22.4. The topological polar surface area (TPSA) is 78.9 Å². The molecule has 0 aromatic rings. The van der Waals surface area contributed by atoms with Crippen molar-refractivity contribution in [2.45, 2.75) is 348 Å². The number of esters is 3. The van der Waals surface area contributed by atoms with E-state index in [1.165, 1.54) is 205 Å². The van der Waals surface area contributed by atoms with Crippen LogP contribution in [-0.4, -0.2) is 37.2 Å². The summed E-state index contributed by atoms with van der Waals surface area (Å²) in [6.07, 6.45) is 85.0. The standard InChI is InChI=1S/C71H126O6/c1-4-7-10-13-16-19-21-23-25-27-29-31-32-33-34-35-36-37-38-40-41-43-45-47-49-52-55-58-61-64-70(73)76-67-68(66-75-69(72)63-60-57-54-51-18-15-12-9-6-3)77-71(74)65-62-59-56-53-50-48-46-44-42-39-30-28-26-24-22-20-17-14-11-8-5-2/h7,10,16,19,23,25,29,31,33-34,36-37,68H,4-6,8-9,11-15,17-18,20-22,24,26-28,30,32,35,38-67H2,1-3H3/b10-7-,19-16-,25-23-,31-29-,34-33-,37-36-. The Balaban J connectivity index is 4.17. The lowest BCUT2D eigenvalue weighted by Crippen LogP contribution is -2.30. The molecule has 0 rings (SSSR count). The maximum atomic E-state index is 12.9. The maximum absolute atomic E-state index is 12.9. The minimum absolute atomic E-state index is 0.0714. The highest BCUT2D eigenvalue weighted by Crippen LogP contribution is 2.18. The fraction of sp³-hybridized carbons (Fsp3) is 0.789. The van der Waals surface area contributed by atoms with Gasteiger partial charge in [-0.15, -0.1) is 0 Å². The minimum Gasteiger partial charge on any atom is -0.462 e. The van der Waals surface area contributed by atoms with Crippen molar-refractivity contribution in [2.24, 2.45) is 0 Å². The highest BCUT2D eigenvalue weighted by Gasteiger charge is 2.19. The van der Waals surface area contributed by atoms with Crippen molar-refractivity contribution in [3.8, 4) is 0 Å². The molecule has 0 saturated carbocycles. The van der Waals surface area contributed by atoms with Crippen molar-refractivity contribution in [3.63, 3.8) is 0 Å². The van der Waals surface area contributed by atoms with E-state index < -0.39 is 6.10 Å². The fourth-order valence-electron chi connectivity index (χ4n) is 9.74. The number of hydrogen-bond donors (Lipinski definition) is 0. The molecule has 77 heavy (non-hydrogen) atoms. The SMILES string of the molecule is CC/C=C\C/C=C\C/C=C\C/C=C\C/C=C\C/C=C\CCCCCCCCCCCCC(=O)OCC(COC(=O)CCCCCCCCCCC)OC(=O)CCCCCCCCCCCCCCCCCCCCCCC. The van der Waals surface area contributed by atoms with E-state index in [1.54, 1.807) is 0 Å².